The number of hydrogen-bond acceptors (Lipinski definition) is 1. The van der Waals surface area contributed by atoms with E-state index >= 15 is 0 Å². The lowest BCUT2D eigenvalue weighted by Crippen LogP contribution is -2.92. The second-order valence-electron chi connectivity index (χ2n) is 5.41. The molecule has 1 aromatic rings. The average Bonchev–Trinajstić information content (AvgIpc) is 2.37. The quantitative estimate of drug-likeness (QED) is 0.821. The maximum absolute atomic E-state index is 11.1. The highest BCUT2D eigenvalue weighted by atomic mass is 16.1. The number of primary amides is 1. The molecule has 0 aromatic heterocycles. The van der Waals surface area contributed by atoms with Crippen LogP contribution in [0.3, 0.4) is 0 Å². The van der Waals surface area contributed by atoms with Crippen molar-refractivity contribution in [2.45, 2.75) is 51.6 Å². The first kappa shape index (κ1) is 13.1. The van der Waals surface area contributed by atoms with Crippen molar-refractivity contribution < 1.29 is 10.1 Å². The van der Waals surface area contributed by atoms with Crippen LogP contribution in [0.2, 0.25) is 0 Å². The summed E-state index contributed by atoms with van der Waals surface area (Å²) in [5.74, 6) is -0.250. The monoisotopic (exact) mass is 247 g/mol. The molecule has 0 fully saturated rings. The number of fused-ring (bicyclic) bond motifs is 1. The number of nitrogens with two attached hydrogens (primary N) is 2. The van der Waals surface area contributed by atoms with Gasteiger partial charge in [-0.1, -0.05) is 12.1 Å². The molecule has 0 saturated heterocycles. The van der Waals surface area contributed by atoms with E-state index in [1.165, 1.54) is 42.4 Å². The van der Waals surface area contributed by atoms with Crippen molar-refractivity contribution in [3.8, 4) is 0 Å². The molecule has 98 valence electrons. The minimum absolute atomic E-state index is 0.170. The predicted octanol–water partition coefficient (Wildman–Crippen LogP) is 1.06. The second kappa shape index (κ2) is 5.53. The second-order valence-corrected chi connectivity index (χ2v) is 5.41. The SMILES string of the molecule is C[C@H]([NH2+][C@@H](C)c1ccc2c(c1)CCCC2)C(N)=O. The molecule has 0 saturated carbocycles. The lowest BCUT2D eigenvalue weighted by molar-refractivity contribution is -0.710. The normalized spacial score (nSPS) is 17.9. The number of carbonyl (C=O) groups excluding carboxylic acids is 1. The first-order valence-electron chi connectivity index (χ1n) is 6.84. The van der Waals surface area contributed by atoms with Crippen LogP contribution >= 0.6 is 0 Å². The molecule has 0 unspecified atom stereocenters. The zero-order valence-corrected chi connectivity index (χ0v) is 11.3. The first-order valence-corrected chi connectivity index (χ1v) is 6.84. The average molecular weight is 247 g/mol. The molecule has 4 N–H and O–H groups in total. The molecule has 2 atom stereocenters. The number of amides is 1. The molecule has 1 aliphatic rings. The Morgan fingerprint density at radius 2 is 1.89 bits per heavy atom. The molecule has 3 nitrogen and oxygen atoms in total. The number of aryl methyl sites for hydroxylation is 2. The standard InChI is InChI=1S/C15H22N2O/c1-10(17-11(2)15(16)18)13-8-7-12-5-3-4-6-14(12)9-13/h7-11,17H,3-6H2,1-2H3,(H2,16,18)/p+1/t10-,11-/m0/s1. The highest BCUT2D eigenvalue weighted by molar-refractivity contribution is 5.77. The van der Waals surface area contributed by atoms with Gasteiger partial charge in [0.25, 0.3) is 5.91 Å². The van der Waals surface area contributed by atoms with Gasteiger partial charge in [-0.3, -0.25) is 4.79 Å². The van der Waals surface area contributed by atoms with Crippen molar-refractivity contribution in [1.29, 1.82) is 0 Å². The van der Waals surface area contributed by atoms with E-state index in [2.05, 4.69) is 25.1 Å². The summed E-state index contributed by atoms with van der Waals surface area (Å²) in [6, 6.07) is 6.86. The van der Waals surface area contributed by atoms with E-state index in [1.54, 1.807) is 0 Å². The smallest absolute Gasteiger partial charge is 0.275 e. The number of quaternary nitrogens is 1. The maximum Gasteiger partial charge on any atom is 0.275 e. The molecular weight excluding hydrogens is 224 g/mol. The van der Waals surface area contributed by atoms with Gasteiger partial charge in [-0.2, -0.15) is 0 Å². The molecule has 1 amide bonds. The van der Waals surface area contributed by atoms with Crippen molar-refractivity contribution in [3.05, 3.63) is 34.9 Å². The first-order chi connectivity index (χ1) is 8.58. The fourth-order valence-corrected chi connectivity index (χ4v) is 2.68. The Labute approximate surface area is 109 Å². The zero-order chi connectivity index (χ0) is 13.1. The van der Waals surface area contributed by atoms with Crippen LogP contribution in [-0.2, 0) is 17.6 Å². The topological polar surface area (TPSA) is 59.7 Å². The fourth-order valence-electron chi connectivity index (χ4n) is 2.68. The van der Waals surface area contributed by atoms with Crippen LogP contribution in [0.4, 0.5) is 0 Å². The van der Waals surface area contributed by atoms with Gasteiger partial charge in [-0.15, -0.1) is 0 Å². The summed E-state index contributed by atoms with van der Waals surface area (Å²) in [5.41, 5.74) is 9.59. The zero-order valence-electron chi connectivity index (χ0n) is 11.3. The van der Waals surface area contributed by atoms with Gasteiger partial charge in [0.05, 0.1) is 0 Å². The summed E-state index contributed by atoms with van der Waals surface area (Å²) in [4.78, 5) is 11.1. The minimum Gasteiger partial charge on any atom is -0.365 e. The molecule has 0 spiro atoms. The van der Waals surface area contributed by atoms with Gasteiger partial charge < -0.3 is 11.1 Å². The number of carbonyl (C=O) groups is 1. The summed E-state index contributed by atoms with van der Waals surface area (Å²) in [6.45, 7) is 3.99. The third-order valence-electron chi connectivity index (χ3n) is 3.92. The van der Waals surface area contributed by atoms with Crippen LogP contribution in [0.5, 0.6) is 0 Å². The lowest BCUT2D eigenvalue weighted by Gasteiger charge is -2.19. The molecule has 1 aromatic carbocycles. The number of hydrogen-bond donors (Lipinski definition) is 2. The van der Waals surface area contributed by atoms with Crippen LogP contribution in [-0.4, -0.2) is 11.9 Å². The van der Waals surface area contributed by atoms with Crippen molar-refractivity contribution in [3.63, 3.8) is 0 Å². The van der Waals surface area contributed by atoms with E-state index in [0.717, 1.165) is 0 Å². The van der Waals surface area contributed by atoms with Gasteiger partial charge in [0.1, 0.15) is 6.04 Å². The van der Waals surface area contributed by atoms with E-state index in [9.17, 15) is 4.79 Å². The summed E-state index contributed by atoms with van der Waals surface area (Å²) >= 11 is 0. The van der Waals surface area contributed by atoms with Gasteiger partial charge in [-0.25, -0.2) is 0 Å². The Kier molecular flexibility index (Phi) is 4.02. The molecular formula is C15H23N2O+. The molecule has 0 heterocycles. The van der Waals surface area contributed by atoms with Gasteiger partial charge in [0.15, 0.2) is 6.04 Å². The van der Waals surface area contributed by atoms with Crippen LogP contribution < -0.4 is 11.1 Å². The Bertz CT molecular complexity index is 442. The van der Waals surface area contributed by atoms with Crippen molar-refractivity contribution in [1.82, 2.24) is 0 Å². The van der Waals surface area contributed by atoms with Crippen LogP contribution in [0.15, 0.2) is 18.2 Å². The molecule has 18 heavy (non-hydrogen) atoms. The Morgan fingerprint density at radius 3 is 2.56 bits per heavy atom. The van der Waals surface area contributed by atoms with E-state index < -0.39 is 0 Å². The molecule has 0 aliphatic heterocycles. The van der Waals surface area contributed by atoms with Crippen LogP contribution in [0.25, 0.3) is 0 Å². The van der Waals surface area contributed by atoms with E-state index in [0.29, 0.717) is 0 Å². The highest BCUT2D eigenvalue weighted by Crippen LogP contribution is 2.23. The van der Waals surface area contributed by atoms with E-state index in [-0.39, 0.29) is 18.0 Å². The Balaban J connectivity index is 2.11. The van der Waals surface area contributed by atoms with Crippen molar-refractivity contribution in [2.24, 2.45) is 5.73 Å². The third-order valence-corrected chi connectivity index (χ3v) is 3.92. The van der Waals surface area contributed by atoms with Crippen molar-refractivity contribution >= 4 is 5.91 Å². The molecule has 0 radical (unpaired) electrons. The van der Waals surface area contributed by atoms with Gasteiger partial charge in [-0.05, 0) is 56.7 Å². The minimum atomic E-state index is -0.250. The maximum atomic E-state index is 11.1. The molecule has 3 heteroatoms. The summed E-state index contributed by atoms with van der Waals surface area (Å²) < 4.78 is 0. The summed E-state index contributed by atoms with van der Waals surface area (Å²) in [5, 5.41) is 2.03. The summed E-state index contributed by atoms with van der Waals surface area (Å²) in [7, 11) is 0. The number of rotatable bonds is 4. The largest absolute Gasteiger partial charge is 0.365 e. The molecule has 1 aliphatic carbocycles. The van der Waals surface area contributed by atoms with Crippen LogP contribution in [0, 0.1) is 0 Å². The van der Waals surface area contributed by atoms with Gasteiger partial charge in [0.2, 0.25) is 0 Å². The highest BCUT2D eigenvalue weighted by Gasteiger charge is 2.19. The van der Waals surface area contributed by atoms with E-state index in [4.69, 9.17) is 5.73 Å². The van der Waals surface area contributed by atoms with Crippen molar-refractivity contribution in [2.75, 3.05) is 0 Å². The van der Waals surface area contributed by atoms with Crippen LogP contribution in [0.1, 0.15) is 49.4 Å². The lowest BCUT2D eigenvalue weighted by atomic mass is 9.89. The molecule has 2 rings (SSSR count). The Morgan fingerprint density at radius 1 is 1.22 bits per heavy atom. The number of benzene rings is 1. The van der Waals surface area contributed by atoms with E-state index in [1.807, 2.05) is 12.2 Å². The third kappa shape index (κ3) is 2.91. The predicted molar refractivity (Wildman–Crippen MR) is 72.1 cm³/mol. The van der Waals surface area contributed by atoms with Gasteiger partial charge in [0, 0.05) is 5.56 Å². The van der Waals surface area contributed by atoms with Gasteiger partial charge >= 0.3 is 0 Å². The fraction of sp³-hybridized carbons (Fsp3) is 0.533. The Hall–Kier alpha value is -1.35. The summed E-state index contributed by atoms with van der Waals surface area (Å²) in [6.07, 6.45) is 5.02. The molecule has 0 bridgehead atoms.